The summed E-state index contributed by atoms with van der Waals surface area (Å²) in [5.41, 5.74) is 2.04. The van der Waals surface area contributed by atoms with Crippen LogP contribution in [0.15, 0.2) is 60.9 Å². The fourth-order valence-electron chi connectivity index (χ4n) is 6.25. The highest BCUT2D eigenvalue weighted by Crippen LogP contribution is 2.36. The number of benzene rings is 2. The maximum Gasteiger partial charge on any atom is 0.272 e. The fourth-order valence-corrected chi connectivity index (χ4v) is 6.42. The van der Waals surface area contributed by atoms with Crippen LogP contribution in [-0.2, 0) is 20.8 Å². The minimum Gasteiger partial charge on any atom is -0.361 e. The summed E-state index contributed by atoms with van der Waals surface area (Å²) >= 11 is 6.12. The molecule has 11 heteroatoms. The van der Waals surface area contributed by atoms with Crippen molar-refractivity contribution in [2.24, 2.45) is 17.8 Å². The molecule has 0 saturated carbocycles. The van der Waals surface area contributed by atoms with Gasteiger partial charge in [0, 0.05) is 66.9 Å². The van der Waals surface area contributed by atoms with Crippen molar-refractivity contribution in [2.75, 3.05) is 39.8 Å². The van der Waals surface area contributed by atoms with Gasteiger partial charge in [-0.15, -0.1) is 0 Å². The van der Waals surface area contributed by atoms with Crippen molar-refractivity contribution < 1.29 is 19.2 Å². The van der Waals surface area contributed by atoms with Gasteiger partial charge in [-0.25, -0.2) is 0 Å². The largest absolute Gasteiger partial charge is 0.361 e. The molecule has 4 amide bonds. The van der Waals surface area contributed by atoms with Gasteiger partial charge in [-0.2, -0.15) is 0 Å². The number of pyridine rings is 1. The van der Waals surface area contributed by atoms with Gasteiger partial charge in [-0.05, 0) is 41.0 Å². The van der Waals surface area contributed by atoms with Crippen molar-refractivity contribution in [3.63, 3.8) is 0 Å². The highest BCUT2D eigenvalue weighted by atomic mass is 35.5. The van der Waals surface area contributed by atoms with Crippen molar-refractivity contribution >= 4 is 56.9 Å². The molecule has 6 rings (SSSR count). The Bertz CT molecular complexity index is 1700. The minimum absolute atomic E-state index is 0.0929. The Morgan fingerprint density at radius 1 is 1.00 bits per heavy atom. The number of rotatable bonds is 6. The lowest BCUT2D eigenvalue weighted by atomic mass is 9.79. The van der Waals surface area contributed by atoms with Gasteiger partial charge in [0.05, 0.1) is 18.9 Å². The van der Waals surface area contributed by atoms with Crippen LogP contribution in [0.4, 0.5) is 0 Å². The number of carbonyl (C=O) groups is 4. The molecule has 4 heterocycles. The topological polar surface area (TPSA) is 128 Å². The number of hydrogen-bond donors (Lipinski definition) is 3. The number of H-pyrrole nitrogens is 1. The second-order valence-electron chi connectivity index (χ2n) is 11.0. The second kappa shape index (κ2) is 11.4. The number of aromatic amines is 1. The molecule has 0 radical (unpaired) electrons. The van der Waals surface area contributed by atoms with E-state index in [4.69, 9.17) is 11.6 Å². The van der Waals surface area contributed by atoms with Crippen molar-refractivity contribution in [3.8, 4) is 0 Å². The molecule has 0 bridgehead atoms. The quantitative estimate of drug-likeness (QED) is 0.320. The van der Waals surface area contributed by atoms with Crippen LogP contribution >= 0.6 is 11.6 Å². The first-order valence-electron chi connectivity index (χ1n) is 14.0. The number of nitrogens with zero attached hydrogens (tertiary/aromatic N) is 3. The van der Waals surface area contributed by atoms with E-state index in [2.05, 4.69) is 20.6 Å². The fraction of sp³-hybridized carbons (Fsp3) is 0.323. The van der Waals surface area contributed by atoms with Gasteiger partial charge in [0.25, 0.3) is 5.91 Å². The van der Waals surface area contributed by atoms with Crippen LogP contribution in [0.3, 0.4) is 0 Å². The third-order valence-electron chi connectivity index (χ3n) is 8.48. The molecule has 0 aliphatic carbocycles. The van der Waals surface area contributed by atoms with Gasteiger partial charge < -0.3 is 25.4 Å². The number of amides is 4. The first kappa shape index (κ1) is 27.7. The Hall–Kier alpha value is -4.44. The summed E-state index contributed by atoms with van der Waals surface area (Å²) in [5, 5.41) is 8.63. The molecular formula is C31H31ClN6O4. The summed E-state index contributed by atoms with van der Waals surface area (Å²) in [5.74, 6) is -1.73. The van der Waals surface area contributed by atoms with Crippen LogP contribution in [0.5, 0.6) is 0 Å². The number of carbonyl (C=O) groups excluding carboxylic acids is 4. The SMILES string of the molecule is CNC(=O)CNC(=O)C1CN(C(=O)Cc2c[nH]c3cc(Cl)ccc23)CC2CN(C(=O)c3cc4ccccc4cn3)CC21. The van der Waals surface area contributed by atoms with E-state index in [0.717, 1.165) is 27.2 Å². The molecule has 216 valence electrons. The molecule has 2 aromatic heterocycles. The van der Waals surface area contributed by atoms with Crippen molar-refractivity contribution in [1.82, 2.24) is 30.4 Å². The van der Waals surface area contributed by atoms with E-state index >= 15 is 0 Å². The van der Waals surface area contributed by atoms with Crippen molar-refractivity contribution in [2.45, 2.75) is 6.42 Å². The average Bonchev–Trinajstić information content (AvgIpc) is 3.62. The summed E-state index contributed by atoms with van der Waals surface area (Å²) in [6.45, 7) is 1.28. The Morgan fingerprint density at radius 2 is 1.79 bits per heavy atom. The molecule has 0 spiro atoms. The molecule has 10 nitrogen and oxygen atoms in total. The molecule has 2 fully saturated rings. The molecule has 3 atom stereocenters. The summed E-state index contributed by atoms with van der Waals surface area (Å²) < 4.78 is 0. The van der Waals surface area contributed by atoms with E-state index < -0.39 is 5.92 Å². The van der Waals surface area contributed by atoms with Gasteiger partial charge in [0.1, 0.15) is 5.69 Å². The van der Waals surface area contributed by atoms with E-state index in [0.29, 0.717) is 30.4 Å². The molecular weight excluding hydrogens is 556 g/mol. The van der Waals surface area contributed by atoms with Crippen LogP contribution in [0.25, 0.3) is 21.7 Å². The first-order valence-corrected chi connectivity index (χ1v) is 14.3. The normalized spacial score (nSPS) is 20.0. The Balaban J connectivity index is 1.22. The lowest BCUT2D eigenvalue weighted by molar-refractivity contribution is -0.139. The molecule has 2 aromatic carbocycles. The maximum absolute atomic E-state index is 13.6. The number of likely N-dealkylation sites (N-methyl/N-ethyl adjacent to an activating group) is 1. The number of nitrogens with one attached hydrogen (secondary N) is 3. The van der Waals surface area contributed by atoms with Crippen LogP contribution in [0.2, 0.25) is 5.02 Å². The van der Waals surface area contributed by atoms with Crippen LogP contribution < -0.4 is 10.6 Å². The Kier molecular flexibility index (Phi) is 7.55. The third-order valence-corrected chi connectivity index (χ3v) is 8.72. The molecule has 3 unspecified atom stereocenters. The first-order chi connectivity index (χ1) is 20.3. The van der Waals surface area contributed by atoms with Gasteiger partial charge >= 0.3 is 0 Å². The third kappa shape index (κ3) is 5.42. The predicted molar refractivity (Wildman–Crippen MR) is 159 cm³/mol. The highest BCUT2D eigenvalue weighted by Gasteiger charge is 2.48. The standard InChI is InChI=1S/C31H31ClN6O4/c1-33-28(39)13-36-30(41)25-17-37(29(40)9-20-12-34-26-10-22(32)6-7-23(20)26)14-21-15-38(16-24(21)25)31(42)27-8-18-4-2-3-5-19(18)11-35-27/h2-8,10-12,21,24-25,34H,9,13-17H2,1H3,(H,33,39)(H,36,41). The van der Waals surface area contributed by atoms with Crippen LogP contribution in [0, 0.1) is 17.8 Å². The molecule has 4 aromatic rings. The number of fused-ring (bicyclic) bond motifs is 3. The summed E-state index contributed by atoms with van der Waals surface area (Å²) in [4.78, 5) is 63.4. The number of aromatic nitrogens is 2. The Morgan fingerprint density at radius 3 is 2.60 bits per heavy atom. The number of halogens is 1. The maximum atomic E-state index is 13.6. The molecule has 2 aliphatic heterocycles. The lowest BCUT2D eigenvalue weighted by Crippen LogP contribution is -2.54. The smallest absolute Gasteiger partial charge is 0.272 e. The molecule has 2 saturated heterocycles. The van der Waals surface area contributed by atoms with Crippen molar-refractivity contribution in [1.29, 1.82) is 0 Å². The zero-order valence-corrected chi connectivity index (χ0v) is 23.9. The van der Waals surface area contributed by atoms with Crippen molar-refractivity contribution in [3.05, 3.63) is 77.2 Å². The lowest BCUT2D eigenvalue weighted by Gasteiger charge is -2.39. The van der Waals surface area contributed by atoms with Gasteiger partial charge in [0.15, 0.2) is 0 Å². The summed E-state index contributed by atoms with van der Waals surface area (Å²) in [6, 6.07) is 15.0. The second-order valence-corrected chi connectivity index (χ2v) is 11.5. The molecule has 42 heavy (non-hydrogen) atoms. The summed E-state index contributed by atoms with van der Waals surface area (Å²) in [6.07, 6.45) is 3.67. The van der Waals surface area contributed by atoms with E-state index in [1.165, 1.54) is 7.05 Å². The average molecular weight is 587 g/mol. The zero-order chi connectivity index (χ0) is 29.4. The van der Waals surface area contributed by atoms with Crippen LogP contribution in [-0.4, -0.2) is 83.2 Å². The zero-order valence-electron chi connectivity index (χ0n) is 23.1. The van der Waals surface area contributed by atoms with Crippen LogP contribution in [0.1, 0.15) is 16.1 Å². The monoisotopic (exact) mass is 586 g/mol. The van der Waals surface area contributed by atoms with E-state index in [9.17, 15) is 19.2 Å². The van der Waals surface area contributed by atoms with Gasteiger partial charge in [-0.3, -0.25) is 24.2 Å². The predicted octanol–water partition coefficient (Wildman–Crippen LogP) is 2.62. The molecule has 3 N–H and O–H groups in total. The molecule has 2 aliphatic rings. The van der Waals surface area contributed by atoms with E-state index in [1.807, 2.05) is 42.6 Å². The van der Waals surface area contributed by atoms with Gasteiger partial charge in [0.2, 0.25) is 17.7 Å². The number of piperidine rings is 1. The summed E-state index contributed by atoms with van der Waals surface area (Å²) in [7, 11) is 1.51. The highest BCUT2D eigenvalue weighted by molar-refractivity contribution is 6.31. The minimum atomic E-state index is -0.568. The Labute approximate surface area is 247 Å². The number of hydrogen-bond acceptors (Lipinski definition) is 5. The van der Waals surface area contributed by atoms with E-state index in [1.54, 1.807) is 28.1 Å². The van der Waals surface area contributed by atoms with E-state index in [-0.39, 0.29) is 55.0 Å². The number of likely N-dealkylation sites (tertiary alicyclic amines) is 2. The van der Waals surface area contributed by atoms with Gasteiger partial charge in [-0.1, -0.05) is 41.9 Å².